The van der Waals surface area contributed by atoms with Gasteiger partial charge in [0, 0.05) is 30.6 Å². The Morgan fingerprint density at radius 1 is 1.17 bits per heavy atom. The molecular weight excluding hydrogens is 540 g/mol. The van der Waals surface area contributed by atoms with E-state index in [2.05, 4.69) is 10.3 Å². The van der Waals surface area contributed by atoms with Gasteiger partial charge in [-0.15, -0.1) is 11.3 Å². The lowest BCUT2D eigenvalue weighted by Crippen LogP contribution is -2.55. The number of methoxy groups -OCH3 is 1. The van der Waals surface area contributed by atoms with Gasteiger partial charge in [0.05, 0.1) is 35.3 Å². The number of thiazole rings is 1. The zero-order valence-electron chi connectivity index (χ0n) is 24.0. The maximum Gasteiger partial charge on any atom is 0.255 e. The van der Waals surface area contributed by atoms with Gasteiger partial charge in [-0.25, -0.2) is 4.98 Å². The minimum absolute atomic E-state index is 0.0374. The highest BCUT2D eigenvalue weighted by molar-refractivity contribution is 7.13. The van der Waals surface area contributed by atoms with E-state index in [4.69, 9.17) is 4.74 Å². The number of fused-ring (bicyclic) bond motifs is 1. The van der Waals surface area contributed by atoms with Crippen LogP contribution in [0.5, 0.6) is 5.75 Å². The number of aromatic nitrogens is 1. The average Bonchev–Trinajstić information content (AvgIpc) is 3.65. The number of nitrogens with zero attached hydrogens (tertiary/aromatic N) is 3. The molecule has 41 heavy (non-hydrogen) atoms. The Labute approximate surface area is 244 Å². The molecule has 0 radical (unpaired) electrons. The number of ether oxygens (including phenoxy) is 1. The standard InChI is InChI=1S/C31H36N4O5S/c1-17(2)27(35-14-21-8-6-7-9-24(21)30(35)38)31(39)34-15-22(36)13-25(34)29(37)33-18(3)23-11-10-20(12-26(23)40-5)28-19(4)32-16-41-28/h6-12,16-18,22,25,27,36H,13-15H2,1-5H3,(H,33,37)/t18-,22+,25-,27-/m0/s1. The summed E-state index contributed by atoms with van der Waals surface area (Å²) in [6.45, 7) is 7.99. The van der Waals surface area contributed by atoms with Crippen molar-refractivity contribution in [1.29, 1.82) is 0 Å². The molecule has 0 spiro atoms. The minimum Gasteiger partial charge on any atom is -0.496 e. The summed E-state index contributed by atoms with van der Waals surface area (Å²) < 4.78 is 5.67. The molecule has 0 aliphatic carbocycles. The molecule has 216 valence electrons. The Balaban J connectivity index is 1.34. The van der Waals surface area contributed by atoms with E-state index in [1.54, 1.807) is 34.9 Å². The van der Waals surface area contributed by atoms with E-state index in [1.165, 1.54) is 4.90 Å². The van der Waals surface area contributed by atoms with Crippen LogP contribution in [0.4, 0.5) is 0 Å². The number of benzene rings is 2. The second kappa shape index (κ2) is 11.6. The maximum absolute atomic E-state index is 14.0. The van der Waals surface area contributed by atoms with Crippen LogP contribution in [0.15, 0.2) is 48.0 Å². The van der Waals surface area contributed by atoms with Crippen LogP contribution in [0.25, 0.3) is 10.4 Å². The number of hydrogen-bond donors (Lipinski definition) is 2. The Morgan fingerprint density at radius 2 is 1.93 bits per heavy atom. The van der Waals surface area contributed by atoms with Crippen molar-refractivity contribution in [3.05, 3.63) is 70.4 Å². The third-order valence-electron chi connectivity index (χ3n) is 8.00. The number of carbonyl (C=O) groups is 3. The van der Waals surface area contributed by atoms with E-state index in [0.717, 1.165) is 27.3 Å². The number of likely N-dealkylation sites (tertiary alicyclic amines) is 1. The highest BCUT2D eigenvalue weighted by atomic mass is 32.1. The van der Waals surface area contributed by atoms with E-state index in [9.17, 15) is 19.5 Å². The molecule has 2 aliphatic rings. The average molecular weight is 577 g/mol. The molecule has 3 heterocycles. The van der Waals surface area contributed by atoms with E-state index in [-0.39, 0.29) is 36.6 Å². The number of amides is 3. The predicted molar refractivity (Wildman–Crippen MR) is 156 cm³/mol. The summed E-state index contributed by atoms with van der Waals surface area (Å²) in [6.07, 6.45) is -0.704. The number of hydrogen-bond acceptors (Lipinski definition) is 7. The first-order valence-corrected chi connectivity index (χ1v) is 14.7. The topological polar surface area (TPSA) is 112 Å². The molecule has 1 saturated heterocycles. The number of aryl methyl sites for hydroxylation is 1. The lowest BCUT2D eigenvalue weighted by atomic mass is 10.00. The van der Waals surface area contributed by atoms with Crippen molar-refractivity contribution >= 4 is 29.1 Å². The number of nitrogens with one attached hydrogen (secondary N) is 1. The zero-order valence-corrected chi connectivity index (χ0v) is 24.8. The fourth-order valence-electron chi connectivity index (χ4n) is 5.93. The molecule has 5 rings (SSSR count). The fraction of sp³-hybridized carbons (Fsp3) is 0.419. The van der Waals surface area contributed by atoms with Gasteiger partial charge in [0.15, 0.2) is 0 Å². The van der Waals surface area contributed by atoms with E-state index < -0.39 is 24.2 Å². The molecule has 1 aromatic heterocycles. The van der Waals surface area contributed by atoms with Gasteiger partial charge in [-0.3, -0.25) is 14.4 Å². The van der Waals surface area contributed by atoms with Gasteiger partial charge in [-0.1, -0.05) is 44.2 Å². The van der Waals surface area contributed by atoms with Crippen LogP contribution in [0.2, 0.25) is 0 Å². The van der Waals surface area contributed by atoms with Gasteiger partial charge in [0.25, 0.3) is 5.91 Å². The lowest BCUT2D eigenvalue weighted by molar-refractivity contribution is -0.143. The highest BCUT2D eigenvalue weighted by Gasteiger charge is 2.46. The van der Waals surface area contributed by atoms with E-state index in [0.29, 0.717) is 17.9 Å². The zero-order chi connectivity index (χ0) is 29.4. The minimum atomic E-state index is -0.855. The van der Waals surface area contributed by atoms with Gasteiger partial charge in [-0.05, 0) is 43.0 Å². The molecule has 2 aromatic carbocycles. The lowest BCUT2D eigenvalue weighted by Gasteiger charge is -2.35. The number of carbonyl (C=O) groups excluding carboxylic acids is 3. The molecule has 3 aromatic rings. The van der Waals surface area contributed by atoms with Crippen molar-refractivity contribution in [3.63, 3.8) is 0 Å². The summed E-state index contributed by atoms with van der Waals surface area (Å²) >= 11 is 1.55. The van der Waals surface area contributed by atoms with Crippen molar-refractivity contribution in [2.75, 3.05) is 13.7 Å². The van der Waals surface area contributed by atoms with Crippen molar-refractivity contribution in [2.24, 2.45) is 5.92 Å². The Morgan fingerprint density at radius 3 is 2.59 bits per heavy atom. The molecule has 1 fully saturated rings. The van der Waals surface area contributed by atoms with Crippen molar-refractivity contribution in [3.8, 4) is 16.2 Å². The summed E-state index contributed by atoms with van der Waals surface area (Å²) in [7, 11) is 1.59. The number of aliphatic hydroxyl groups excluding tert-OH is 1. The first-order chi connectivity index (χ1) is 19.6. The Hall–Kier alpha value is -3.76. The Bertz CT molecular complexity index is 1470. The number of β-amino-alcohol motifs (C(OH)–C–C–N with tert-alkyl or cyclic N) is 1. The van der Waals surface area contributed by atoms with E-state index in [1.807, 2.05) is 64.1 Å². The molecule has 3 amide bonds. The van der Waals surface area contributed by atoms with Crippen LogP contribution < -0.4 is 10.1 Å². The maximum atomic E-state index is 14.0. The monoisotopic (exact) mass is 576 g/mol. The summed E-state index contributed by atoms with van der Waals surface area (Å²) in [5.74, 6) is -0.426. The number of aliphatic hydroxyl groups is 1. The van der Waals surface area contributed by atoms with Gasteiger partial charge >= 0.3 is 0 Å². The summed E-state index contributed by atoms with van der Waals surface area (Å²) in [5.41, 5.74) is 6.00. The molecular formula is C31H36N4O5S. The third kappa shape index (κ3) is 5.46. The van der Waals surface area contributed by atoms with E-state index >= 15 is 0 Å². The molecule has 10 heteroatoms. The largest absolute Gasteiger partial charge is 0.496 e. The number of rotatable bonds is 8. The first kappa shape index (κ1) is 28.8. The van der Waals surface area contributed by atoms with Crippen LogP contribution in [0.3, 0.4) is 0 Å². The second-order valence-electron chi connectivity index (χ2n) is 11.1. The van der Waals surface area contributed by atoms with Crippen LogP contribution in [0, 0.1) is 12.8 Å². The molecule has 9 nitrogen and oxygen atoms in total. The Kier molecular flexibility index (Phi) is 8.15. The van der Waals surface area contributed by atoms with Crippen LogP contribution in [-0.2, 0) is 16.1 Å². The molecule has 0 bridgehead atoms. The SMILES string of the molecule is COc1cc(-c2scnc2C)ccc1[C@H](C)NC(=O)[C@@H]1C[C@@H](O)CN1C(=O)[C@H](C(C)C)N1Cc2ccccc2C1=O. The van der Waals surface area contributed by atoms with Gasteiger partial charge in [0.1, 0.15) is 17.8 Å². The van der Waals surface area contributed by atoms with Crippen molar-refractivity contribution in [1.82, 2.24) is 20.1 Å². The summed E-state index contributed by atoms with van der Waals surface area (Å²) in [5, 5.41) is 13.6. The second-order valence-corrected chi connectivity index (χ2v) is 12.0. The van der Waals surface area contributed by atoms with Crippen molar-refractivity contribution < 1.29 is 24.2 Å². The molecule has 0 saturated carbocycles. The normalized spacial score (nSPS) is 19.8. The van der Waals surface area contributed by atoms with Gasteiger partial charge < -0.3 is 25.0 Å². The first-order valence-electron chi connectivity index (χ1n) is 13.9. The van der Waals surface area contributed by atoms with Crippen LogP contribution >= 0.6 is 11.3 Å². The molecule has 2 aliphatic heterocycles. The summed E-state index contributed by atoms with van der Waals surface area (Å²) in [4.78, 5) is 49.2. The molecule has 4 atom stereocenters. The van der Waals surface area contributed by atoms with Gasteiger partial charge in [-0.2, -0.15) is 0 Å². The molecule has 2 N–H and O–H groups in total. The van der Waals surface area contributed by atoms with Crippen LogP contribution in [-0.4, -0.2) is 69.5 Å². The predicted octanol–water partition coefficient (Wildman–Crippen LogP) is 3.95. The van der Waals surface area contributed by atoms with Gasteiger partial charge in [0.2, 0.25) is 11.8 Å². The van der Waals surface area contributed by atoms with Crippen molar-refractivity contribution in [2.45, 2.75) is 64.9 Å². The highest BCUT2D eigenvalue weighted by Crippen LogP contribution is 2.35. The van der Waals surface area contributed by atoms with Crippen LogP contribution in [0.1, 0.15) is 60.4 Å². The quantitative estimate of drug-likeness (QED) is 0.420. The smallest absolute Gasteiger partial charge is 0.255 e. The summed E-state index contributed by atoms with van der Waals surface area (Å²) in [6, 6.07) is 11.2. The molecule has 0 unspecified atom stereocenters. The fourth-order valence-corrected chi connectivity index (χ4v) is 6.73. The third-order valence-corrected chi connectivity index (χ3v) is 8.98.